The molecule has 112 valence electrons. The zero-order valence-electron chi connectivity index (χ0n) is 11.9. The fourth-order valence-electron chi connectivity index (χ4n) is 1.79. The highest BCUT2D eigenvalue weighted by atomic mass is 16.5. The van der Waals surface area contributed by atoms with E-state index in [2.05, 4.69) is 5.32 Å². The number of carboxylic acid groups (broad SMARTS) is 1. The van der Waals surface area contributed by atoms with Gasteiger partial charge in [0, 0.05) is 17.8 Å². The van der Waals surface area contributed by atoms with Gasteiger partial charge in [-0.1, -0.05) is 0 Å². The molecule has 0 aliphatic rings. The van der Waals surface area contributed by atoms with Crippen LogP contribution in [0.2, 0.25) is 0 Å². The predicted molar refractivity (Wildman–Crippen MR) is 77.7 cm³/mol. The summed E-state index contributed by atoms with van der Waals surface area (Å²) in [4.78, 5) is 10.8. The first-order valence-electron chi connectivity index (χ1n) is 6.63. The molecule has 0 amide bonds. The molecule has 0 saturated carbocycles. The molecule has 1 aromatic carbocycles. The molecule has 1 aromatic heterocycles. The number of rotatable bonds is 7. The average molecular weight is 291 g/mol. The van der Waals surface area contributed by atoms with Crippen LogP contribution in [0.4, 0.5) is 11.6 Å². The van der Waals surface area contributed by atoms with Crippen LogP contribution in [0.5, 0.6) is 11.5 Å². The number of anilines is 2. The van der Waals surface area contributed by atoms with Crippen LogP contribution in [0.15, 0.2) is 34.7 Å². The van der Waals surface area contributed by atoms with E-state index < -0.39 is 5.97 Å². The number of carboxylic acids is 1. The van der Waals surface area contributed by atoms with Gasteiger partial charge in [-0.2, -0.15) is 0 Å². The zero-order valence-corrected chi connectivity index (χ0v) is 11.9. The van der Waals surface area contributed by atoms with Crippen molar-refractivity contribution in [3.05, 3.63) is 36.1 Å². The standard InChI is InChI=1S/C15H17NO5/c1-3-19-11-6-5-10(9-13(11)20-4-2)16-14-8-7-12(21-14)15(17)18/h5-9,16H,3-4H2,1-2H3,(H,17,18). The van der Waals surface area contributed by atoms with E-state index in [1.807, 2.05) is 13.8 Å². The van der Waals surface area contributed by atoms with E-state index in [1.165, 1.54) is 6.07 Å². The number of ether oxygens (including phenoxy) is 2. The van der Waals surface area contributed by atoms with E-state index in [0.29, 0.717) is 36.3 Å². The molecule has 2 aromatic rings. The molecular formula is C15H17NO5. The van der Waals surface area contributed by atoms with Crippen molar-refractivity contribution >= 4 is 17.5 Å². The number of carbonyl (C=O) groups is 1. The van der Waals surface area contributed by atoms with Crippen molar-refractivity contribution in [3.63, 3.8) is 0 Å². The van der Waals surface area contributed by atoms with Crippen molar-refractivity contribution in [1.82, 2.24) is 0 Å². The molecule has 6 nitrogen and oxygen atoms in total. The summed E-state index contributed by atoms with van der Waals surface area (Å²) >= 11 is 0. The van der Waals surface area contributed by atoms with Gasteiger partial charge in [-0.3, -0.25) is 0 Å². The number of furan rings is 1. The Morgan fingerprint density at radius 1 is 1.14 bits per heavy atom. The van der Waals surface area contributed by atoms with E-state index >= 15 is 0 Å². The van der Waals surface area contributed by atoms with Crippen molar-refractivity contribution in [2.75, 3.05) is 18.5 Å². The van der Waals surface area contributed by atoms with Gasteiger partial charge in [-0.25, -0.2) is 4.79 Å². The smallest absolute Gasteiger partial charge is 0.371 e. The van der Waals surface area contributed by atoms with Crippen LogP contribution >= 0.6 is 0 Å². The van der Waals surface area contributed by atoms with E-state index in [4.69, 9.17) is 19.0 Å². The first-order valence-corrected chi connectivity index (χ1v) is 6.63. The molecule has 2 rings (SSSR count). The minimum atomic E-state index is -1.11. The fourth-order valence-corrected chi connectivity index (χ4v) is 1.79. The third-order valence-electron chi connectivity index (χ3n) is 2.63. The summed E-state index contributed by atoms with van der Waals surface area (Å²) in [5.41, 5.74) is 0.716. The first-order chi connectivity index (χ1) is 10.1. The molecule has 2 N–H and O–H groups in total. The van der Waals surface area contributed by atoms with Crippen LogP contribution < -0.4 is 14.8 Å². The Labute approximate surface area is 122 Å². The molecule has 0 fully saturated rings. The Morgan fingerprint density at radius 2 is 1.86 bits per heavy atom. The monoisotopic (exact) mass is 291 g/mol. The van der Waals surface area contributed by atoms with E-state index in [0.717, 1.165) is 0 Å². The Bertz CT molecular complexity index is 620. The topological polar surface area (TPSA) is 80.9 Å². The molecule has 0 aliphatic heterocycles. The summed E-state index contributed by atoms with van der Waals surface area (Å²) < 4.78 is 16.1. The van der Waals surface area contributed by atoms with Gasteiger partial charge in [0.25, 0.3) is 0 Å². The lowest BCUT2D eigenvalue weighted by Gasteiger charge is -2.12. The van der Waals surface area contributed by atoms with E-state index in [9.17, 15) is 4.79 Å². The van der Waals surface area contributed by atoms with Crippen LogP contribution in [-0.4, -0.2) is 24.3 Å². The highest BCUT2D eigenvalue weighted by molar-refractivity contribution is 5.85. The van der Waals surface area contributed by atoms with Crippen LogP contribution in [-0.2, 0) is 0 Å². The van der Waals surface area contributed by atoms with E-state index in [-0.39, 0.29) is 5.76 Å². The number of aromatic carboxylic acids is 1. The molecule has 1 heterocycles. The number of nitrogens with one attached hydrogen (secondary N) is 1. The maximum absolute atomic E-state index is 10.8. The molecule has 21 heavy (non-hydrogen) atoms. The largest absolute Gasteiger partial charge is 0.490 e. The summed E-state index contributed by atoms with van der Waals surface area (Å²) in [6, 6.07) is 8.31. The average Bonchev–Trinajstić information content (AvgIpc) is 2.91. The highest BCUT2D eigenvalue weighted by Gasteiger charge is 2.10. The van der Waals surface area contributed by atoms with Gasteiger partial charge in [0.2, 0.25) is 5.76 Å². The Kier molecular flexibility index (Phi) is 4.71. The second kappa shape index (κ2) is 6.69. The van der Waals surface area contributed by atoms with Crippen molar-refractivity contribution in [2.24, 2.45) is 0 Å². The highest BCUT2D eigenvalue weighted by Crippen LogP contribution is 2.32. The minimum absolute atomic E-state index is 0.117. The maximum atomic E-state index is 10.8. The Hall–Kier alpha value is -2.63. The molecule has 0 aliphatic carbocycles. The third-order valence-corrected chi connectivity index (χ3v) is 2.63. The van der Waals surface area contributed by atoms with Crippen LogP contribution in [0.3, 0.4) is 0 Å². The molecule has 0 atom stereocenters. The quantitative estimate of drug-likeness (QED) is 0.812. The van der Waals surface area contributed by atoms with Crippen molar-refractivity contribution in [2.45, 2.75) is 13.8 Å². The summed E-state index contributed by atoms with van der Waals surface area (Å²) in [6.07, 6.45) is 0. The van der Waals surface area contributed by atoms with E-state index in [1.54, 1.807) is 24.3 Å². The van der Waals surface area contributed by atoms with Gasteiger partial charge in [-0.15, -0.1) is 0 Å². The van der Waals surface area contributed by atoms with Crippen molar-refractivity contribution < 1.29 is 23.8 Å². The van der Waals surface area contributed by atoms with Gasteiger partial charge < -0.3 is 24.3 Å². The second-order valence-electron chi connectivity index (χ2n) is 4.12. The molecule has 0 radical (unpaired) electrons. The van der Waals surface area contributed by atoms with Gasteiger partial charge >= 0.3 is 5.97 Å². The Morgan fingerprint density at radius 3 is 2.48 bits per heavy atom. The van der Waals surface area contributed by atoms with Gasteiger partial charge in [0.05, 0.1) is 13.2 Å². The van der Waals surface area contributed by atoms with Crippen molar-refractivity contribution in [3.8, 4) is 11.5 Å². The zero-order chi connectivity index (χ0) is 15.2. The molecular weight excluding hydrogens is 274 g/mol. The summed E-state index contributed by atoms with van der Waals surface area (Å²) in [5.74, 6) is 0.405. The maximum Gasteiger partial charge on any atom is 0.371 e. The minimum Gasteiger partial charge on any atom is -0.490 e. The molecule has 0 bridgehead atoms. The lowest BCUT2D eigenvalue weighted by Crippen LogP contribution is -1.99. The second-order valence-corrected chi connectivity index (χ2v) is 4.12. The summed E-state index contributed by atoms with van der Waals surface area (Å²) in [6.45, 7) is 4.86. The van der Waals surface area contributed by atoms with Crippen LogP contribution in [0.1, 0.15) is 24.4 Å². The van der Waals surface area contributed by atoms with Crippen LogP contribution in [0.25, 0.3) is 0 Å². The molecule has 0 spiro atoms. The third kappa shape index (κ3) is 3.68. The van der Waals surface area contributed by atoms with Gasteiger partial charge in [-0.05, 0) is 32.0 Å². The predicted octanol–water partition coefficient (Wildman–Crippen LogP) is 3.52. The number of benzene rings is 1. The normalized spacial score (nSPS) is 10.2. The SMILES string of the molecule is CCOc1ccc(Nc2ccc(C(=O)O)o2)cc1OCC. The lowest BCUT2D eigenvalue weighted by atomic mass is 10.2. The van der Waals surface area contributed by atoms with Gasteiger partial charge in [0.15, 0.2) is 17.4 Å². The van der Waals surface area contributed by atoms with Gasteiger partial charge in [0.1, 0.15) is 0 Å². The molecule has 0 saturated heterocycles. The Balaban J connectivity index is 2.19. The summed E-state index contributed by atoms with van der Waals surface area (Å²) in [5, 5.41) is 11.8. The van der Waals surface area contributed by atoms with Crippen LogP contribution in [0, 0.1) is 0 Å². The first kappa shape index (κ1) is 14.8. The number of hydrogen-bond acceptors (Lipinski definition) is 5. The lowest BCUT2D eigenvalue weighted by molar-refractivity contribution is 0.0663. The fraction of sp³-hybridized carbons (Fsp3) is 0.267. The van der Waals surface area contributed by atoms with Crippen molar-refractivity contribution in [1.29, 1.82) is 0 Å². The molecule has 0 unspecified atom stereocenters. The summed E-state index contributed by atoms with van der Waals surface area (Å²) in [7, 11) is 0. The number of hydrogen-bond donors (Lipinski definition) is 2. The molecule has 6 heteroatoms.